The molecule has 1 nitrogen and oxygen atoms in total. The van der Waals surface area contributed by atoms with E-state index in [1.807, 2.05) is 24.3 Å². The molecule has 0 saturated heterocycles. The molecule has 56 valence electrons. The Kier molecular flexibility index (Phi) is 1.66. The van der Waals surface area contributed by atoms with Crippen molar-refractivity contribution in [3.8, 4) is 0 Å². The molecule has 2 rings (SSSR count). The molecule has 1 aromatic carbocycles. The molecule has 0 amide bonds. The van der Waals surface area contributed by atoms with E-state index >= 15 is 0 Å². The van der Waals surface area contributed by atoms with Gasteiger partial charge in [0, 0.05) is 9.86 Å². The smallest absolute Gasteiger partial charge is 0.107 e. The molecule has 0 radical (unpaired) electrons. The van der Waals surface area contributed by atoms with Crippen LogP contribution in [0, 0.1) is 0 Å². The van der Waals surface area contributed by atoms with Crippen LogP contribution in [0.1, 0.15) is 0 Å². The molecular weight excluding hydrogens is 225 g/mol. The molecule has 0 aliphatic rings. The van der Waals surface area contributed by atoms with Crippen molar-refractivity contribution < 1.29 is 0 Å². The van der Waals surface area contributed by atoms with E-state index in [9.17, 15) is 0 Å². The summed E-state index contributed by atoms with van der Waals surface area (Å²) < 4.78 is 1.04. The van der Waals surface area contributed by atoms with Crippen molar-refractivity contribution in [2.45, 2.75) is 0 Å². The molecule has 0 aliphatic heterocycles. The van der Waals surface area contributed by atoms with Gasteiger partial charge in [-0.05, 0) is 28.1 Å². The highest BCUT2D eigenvalue weighted by Crippen LogP contribution is 2.25. The lowest BCUT2D eigenvalue weighted by molar-refractivity contribution is 1.46. The number of hydrogen-bond acceptors (Lipinski definition) is 0. The monoisotopic (exact) mass is 229 g/mol. The first-order chi connectivity index (χ1) is 5.27. The van der Waals surface area contributed by atoms with Crippen molar-refractivity contribution in [3.63, 3.8) is 0 Å². The molecule has 0 bridgehead atoms. The molecule has 0 saturated carbocycles. The minimum Gasteiger partial charge on any atom is -0.345 e. The molecule has 1 heterocycles. The van der Waals surface area contributed by atoms with E-state index in [0.29, 0.717) is 5.15 Å². The average Bonchev–Trinajstić information content (AvgIpc) is 2.31. The van der Waals surface area contributed by atoms with E-state index in [-0.39, 0.29) is 0 Å². The van der Waals surface area contributed by atoms with E-state index in [0.717, 1.165) is 15.4 Å². The molecule has 0 unspecified atom stereocenters. The molecule has 0 aliphatic carbocycles. The lowest BCUT2D eigenvalue weighted by Crippen LogP contribution is -1.68. The van der Waals surface area contributed by atoms with Crippen LogP contribution in [0.25, 0.3) is 10.9 Å². The van der Waals surface area contributed by atoms with Crippen molar-refractivity contribution in [1.29, 1.82) is 0 Å². The predicted molar refractivity (Wildman–Crippen MR) is 51.0 cm³/mol. The molecule has 0 atom stereocenters. The fourth-order valence-electron chi connectivity index (χ4n) is 1.08. The maximum atomic E-state index is 5.78. The van der Waals surface area contributed by atoms with Crippen molar-refractivity contribution in [3.05, 3.63) is 33.9 Å². The van der Waals surface area contributed by atoms with E-state index in [1.54, 1.807) is 0 Å². The van der Waals surface area contributed by atoms with Crippen LogP contribution in [0.3, 0.4) is 0 Å². The molecule has 0 spiro atoms. The molecular formula is C8H5BrClN. The minimum atomic E-state index is 0.673. The lowest BCUT2D eigenvalue weighted by atomic mass is 10.3. The van der Waals surface area contributed by atoms with Crippen molar-refractivity contribution in [1.82, 2.24) is 4.98 Å². The Bertz CT molecular complexity index is 394. The van der Waals surface area contributed by atoms with Crippen molar-refractivity contribution >= 4 is 38.4 Å². The Morgan fingerprint density at radius 1 is 1.36 bits per heavy atom. The Labute approximate surface area is 77.5 Å². The van der Waals surface area contributed by atoms with Crippen LogP contribution in [0.4, 0.5) is 0 Å². The molecule has 0 fully saturated rings. The molecule has 1 N–H and O–H groups in total. The predicted octanol–water partition coefficient (Wildman–Crippen LogP) is 3.58. The quantitative estimate of drug-likeness (QED) is 0.712. The number of hydrogen-bond donors (Lipinski definition) is 1. The van der Waals surface area contributed by atoms with Gasteiger partial charge in [0.25, 0.3) is 0 Å². The number of nitrogens with one attached hydrogen (secondary N) is 1. The number of halogens is 2. The van der Waals surface area contributed by atoms with Gasteiger partial charge in [-0.15, -0.1) is 0 Å². The first-order valence-corrected chi connectivity index (χ1v) is 4.37. The van der Waals surface area contributed by atoms with Crippen LogP contribution in [0.2, 0.25) is 5.15 Å². The zero-order valence-corrected chi connectivity index (χ0v) is 7.91. The fourth-order valence-corrected chi connectivity index (χ4v) is 1.78. The summed E-state index contributed by atoms with van der Waals surface area (Å²) >= 11 is 9.20. The molecule has 11 heavy (non-hydrogen) atoms. The number of aromatic amines is 1. The van der Waals surface area contributed by atoms with Crippen LogP contribution in [0.5, 0.6) is 0 Å². The van der Waals surface area contributed by atoms with E-state index < -0.39 is 0 Å². The second-order valence-corrected chi connectivity index (χ2v) is 3.58. The third-order valence-corrected chi connectivity index (χ3v) is 2.44. The first-order valence-electron chi connectivity index (χ1n) is 3.20. The SMILES string of the molecule is Clc1cc2cccc(Br)c2[nH]1. The minimum absolute atomic E-state index is 0.673. The summed E-state index contributed by atoms with van der Waals surface area (Å²) in [6, 6.07) is 7.88. The topological polar surface area (TPSA) is 15.8 Å². The van der Waals surface area contributed by atoms with Gasteiger partial charge >= 0.3 is 0 Å². The summed E-state index contributed by atoms with van der Waals surface area (Å²) in [5.41, 5.74) is 1.05. The van der Waals surface area contributed by atoms with Gasteiger partial charge in [-0.1, -0.05) is 23.7 Å². The maximum absolute atomic E-state index is 5.78. The number of H-pyrrole nitrogens is 1. The number of aromatic nitrogens is 1. The van der Waals surface area contributed by atoms with Gasteiger partial charge in [0.2, 0.25) is 0 Å². The normalized spacial score (nSPS) is 10.7. The van der Waals surface area contributed by atoms with E-state index in [4.69, 9.17) is 11.6 Å². The summed E-state index contributed by atoms with van der Waals surface area (Å²) in [6.07, 6.45) is 0. The van der Waals surface area contributed by atoms with Gasteiger partial charge in [-0.25, -0.2) is 0 Å². The van der Waals surface area contributed by atoms with E-state index in [2.05, 4.69) is 20.9 Å². The summed E-state index contributed by atoms with van der Waals surface area (Å²) in [6.45, 7) is 0. The molecule has 3 heteroatoms. The summed E-state index contributed by atoms with van der Waals surface area (Å²) in [5.74, 6) is 0. The van der Waals surface area contributed by atoms with Gasteiger partial charge in [-0.3, -0.25) is 0 Å². The highest BCUT2D eigenvalue weighted by Gasteiger charge is 2.00. The largest absolute Gasteiger partial charge is 0.345 e. The van der Waals surface area contributed by atoms with Gasteiger partial charge < -0.3 is 4.98 Å². The lowest BCUT2D eigenvalue weighted by Gasteiger charge is -1.90. The Morgan fingerprint density at radius 3 is 2.91 bits per heavy atom. The first kappa shape index (κ1) is 7.19. The Hall–Kier alpha value is -0.470. The second kappa shape index (κ2) is 2.54. The van der Waals surface area contributed by atoms with Crippen LogP contribution < -0.4 is 0 Å². The van der Waals surface area contributed by atoms with Crippen LogP contribution >= 0.6 is 27.5 Å². The highest BCUT2D eigenvalue weighted by molar-refractivity contribution is 9.10. The highest BCUT2D eigenvalue weighted by atomic mass is 79.9. The third kappa shape index (κ3) is 1.17. The average molecular weight is 230 g/mol. The van der Waals surface area contributed by atoms with Gasteiger partial charge in [0.05, 0.1) is 5.52 Å². The van der Waals surface area contributed by atoms with Crippen LogP contribution in [-0.2, 0) is 0 Å². The number of fused-ring (bicyclic) bond motifs is 1. The second-order valence-electron chi connectivity index (χ2n) is 2.32. The fraction of sp³-hybridized carbons (Fsp3) is 0. The number of rotatable bonds is 0. The van der Waals surface area contributed by atoms with Gasteiger partial charge in [0.1, 0.15) is 5.15 Å². The van der Waals surface area contributed by atoms with Crippen LogP contribution in [-0.4, -0.2) is 4.98 Å². The van der Waals surface area contributed by atoms with Crippen LogP contribution in [0.15, 0.2) is 28.7 Å². The Morgan fingerprint density at radius 2 is 2.18 bits per heavy atom. The number of benzene rings is 1. The summed E-state index contributed by atoms with van der Waals surface area (Å²) in [4.78, 5) is 3.05. The zero-order chi connectivity index (χ0) is 7.84. The molecule has 2 aromatic rings. The van der Waals surface area contributed by atoms with Gasteiger partial charge in [0.15, 0.2) is 0 Å². The molecule has 1 aromatic heterocycles. The van der Waals surface area contributed by atoms with E-state index in [1.165, 1.54) is 0 Å². The number of para-hydroxylation sites is 1. The van der Waals surface area contributed by atoms with Gasteiger partial charge in [-0.2, -0.15) is 0 Å². The summed E-state index contributed by atoms with van der Waals surface area (Å²) in [7, 11) is 0. The van der Waals surface area contributed by atoms with Crippen molar-refractivity contribution in [2.24, 2.45) is 0 Å². The van der Waals surface area contributed by atoms with Crippen molar-refractivity contribution in [2.75, 3.05) is 0 Å². The maximum Gasteiger partial charge on any atom is 0.107 e. The third-order valence-electron chi connectivity index (χ3n) is 1.57. The standard InChI is InChI=1S/C8H5BrClN/c9-6-3-1-2-5-4-7(10)11-8(5)6/h1-4,11H. The Balaban J connectivity index is 2.90. The summed E-state index contributed by atoms with van der Waals surface area (Å²) in [5, 5.41) is 1.80. The zero-order valence-electron chi connectivity index (χ0n) is 5.57.